The minimum Gasteiger partial charge on any atom is -0.383 e. The lowest BCUT2D eigenvalue weighted by molar-refractivity contribution is 0.117. The molecule has 2 aliphatic rings. The fraction of sp³-hybridized carbons (Fsp3) is 0.556. The van der Waals surface area contributed by atoms with Crippen molar-refractivity contribution in [3.8, 4) is 11.4 Å². The number of anilines is 2. The van der Waals surface area contributed by atoms with E-state index in [9.17, 15) is 0 Å². The number of rotatable bonds is 8. The van der Waals surface area contributed by atoms with E-state index in [2.05, 4.69) is 68.1 Å². The second kappa shape index (κ2) is 11.3. The lowest BCUT2D eigenvalue weighted by Crippen LogP contribution is -2.52. The van der Waals surface area contributed by atoms with Crippen molar-refractivity contribution in [2.75, 3.05) is 69.7 Å². The quantitative estimate of drug-likeness (QED) is 0.466. The van der Waals surface area contributed by atoms with Crippen LogP contribution in [0.15, 0.2) is 30.5 Å². The van der Waals surface area contributed by atoms with E-state index >= 15 is 0 Å². The molecule has 3 aromatic rings. The van der Waals surface area contributed by atoms with E-state index in [1.165, 1.54) is 5.69 Å². The van der Waals surface area contributed by atoms with Crippen LogP contribution in [0.2, 0.25) is 5.02 Å². The van der Waals surface area contributed by atoms with E-state index in [0.29, 0.717) is 17.1 Å². The maximum Gasteiger partial charge on any atom is 0.159 e. The normalized spacial score (nSPS) is 20.3. The Balaban J connectivity index is 1.30. The number of pyridine rings is 1. The molecule has 0 bridgehead atoms. The first kappa shape index (κ1) is 25.3. The summed E-state index contributed by atoms with van der Waals surface area (Å²) in [7, 11) is 1.77. The van der Waals surface area contributed by atoms with Crippen molar-refractivity contribution < 1.29 is 4.74 Å². The lowest BCUT2D eigenvalue weighted by Gasteiger charge is -2.41. The van der Waals surface area contributed by atoms with Crippen molar-refractivity contribution in [2.45, 2.75) is 38.8 Å². The number of halogens is 1. The summed E-state index contributed by atoms with van der Waals surface area (Å²) in [6.45, 7) is 12.7. The first-order chi connectivity index (χ1) is 17.6. The Hall–Kier alpha value is -2.39. The van der Waals surface area contributed by atoms with Crippen LogP contribution in [0, 0.1) is 0 Å². The molecule has 1 atom stereocenters. The number of benzene rings is 1. The largest absolute Gasteiger partial charge is 0.383 e. The molecule has 0 aliphatic carbocycles. The topological polar surface area (TPSA) is 72.6 Å². The number of nitrogens with zero attached hydrogens (tertiary/aromatic N) is 5. The maximum absolute atomic E-state index is 6.59. The van der Waals surface area contributed by atoms with Crippen molar-refractivity contribution >= 4 is 34.1 Å². The average molecular weight is 512 g/mol. The summed E-state index contributed by atoms with van der Waals surface area (Å²) in [5.74, 6) is 0.813. The number of piperazine rings is 1. The molecule has 8 nitrogen and oxygen atoms in total. The predicted octanol–water partition coefficient (Wildman–Crippen LogP) is 4.33. The van der Waals surface area contributed by atoms with E-state index < -0.39 is 0 Å². The molecule has 2 aliphatic heterocycles. The summed E-state index contributed by atoms with van der Waals surface area (Å²) < 4.78 is 5.26. The molecule has 1 aromatic carbocycles. The second-order valence-corrected chi connectivity index (χ2v) is 10.4. The molecule has 2 aromatic heterocycles. The molecule has 194 valence electrons. The van der Waals surface area contributed by atoms with E-state index in [1.54, 1.807) is 13.3 Å². The van der Waals surface area contributed by atoms with Gasteiger partial charge in [-0.2, -0.15) is 0 Å². The summed E-state index contributed by atoms with van der Waals surface area (Å²) in [6.07, 6.45) is 3.92. The summed E-state index contributed by atoms with van der Waals surface area (Å²) >= 11 is 6.59. The predicted molar refractivity (Wildman–Crippen MR) is 148 cm³/mol. The van der Waals surface area contributed by atoms with E-state index in [4.69, 9.17) is 21.3 Å². The standard InChI is InChI=1S/C27H38ClN7O/c1-4-33-11-9-21(10-12-33)30-24-23(28)17-29-27-25(24)31-26(32-27)20-5-7-22(8-6-20)35-14-13-34(15-16-36-3)19(2)18-35/h5-8,17,19,21H,4,9-16,18H2,1-3H3,(H2,29,30,31,32). The van der Waals surface area contributed by atoms with Crippen LogP contribution in [0.3, 0.4) is 0 Å². The van der Waals surface area contributed by atoms with E-state index in [0.717, 1.165) is 93.5 Å². The summed E-state index contributed by atoms with van der Waals surface area (Å²) in [6, 6.07) is 9.57. The Labute approximate surface area is 219 Å². The zero-order valence-electron chi connectivity index (χ0n) is 21.6. The van der Waals surface area contributed by atoms with Gasteiger partial charge in [0.15, 0.2) is 5.65 Å². The third kappa shape index (κ3) is 5.47. The number of ether oxygens (including phenoxy) is 1. The van der Waals surface area contributed by atoms with Gasteiger partial charge < -0.3 is 24.8 Å². The molecule has 4 heterocycles. The Morgan fingerprint density at radius 3 is 2.61 bits per heavy atom. The van der Waals surface area contributed by atoms with Gasteiger partial charge in [0.05, 0.1) is 23.5 Å². The molecule has 1 unspecified atom stereocenters. The molecule has 9 heteroatoms. The Morgan fingerprint density at radius 2 is 1.92 bits per heavy atom. The van der Waals surface area contributed by atoms with Crippen LogP contribution in [-0.2, 0) is 4.74 Å². The summed E-state index contributed by atoms with van der Waals surface area (Å²) in [4.78, 5) is 20.3. The number of likely N-dealkylation sites (tertiary alicyclic amines) is 1. The molecule has 2 fully saturated rings. The molecule has 36 heavy (non-hydrogen) atoms. The van der Waals surface area contributed by atoms with Crippen molar-refractivity contribution in [1.82, 2.24) is 24.8 Å². The molecule has 0 amide bonds. The van der Waals surface area contributed by atoms with Gasteiger partial charge in [-0.3, -0.25) is 4.90 Å². The van der Waals surface area contributed by atoms with Crippen molar-refractivity contribution in [1.29, 1.82) is 0 Å². The van der Waals surface area contributed by atoms with Gasteiger partial charge in [0.25, 0.3) is 0 Å². The molecule has 2 saturated heterocycles. The molecule has 2 N–H and O–H groups in total. The van der Waals surface area contributed by atoms with Crippen LogP contribution in [0.1, 0.15) is 26.7 Å². The highest BCUT2D eigenvalue weighted by molar-refractivity contribution is 6.34. The number of H-pyrrole nitrogens is 1. The van der Waals surface area contributed by atoms with Gasteiger partial charge >= 0.3 is 0 Å². The van der Waals surface area contributed by atoms with Crippen molar-refractivity contribution in [2.24, 2.45) is 0 Å². The van der Waals surface area contributed by atoms with Crippen LogP contribution in [0.5, 0.6) is 0 Å². The van der Waals surface area contributed by atoms with Crippen LogP contribution in [0.4, 0.5) is 11.4 Å². The van der Waals surface area contributed by atoms with E-state index in [-0.39, 0.29) is 0 Å². The van der Waals surface area contributed by atoms with Crippen molar-refractivity contribution in [3.63, 3.8) is 0 Å². The van der Waals surface area contributed by atoms with Gasteiger partial charge in [-0.05, 0) is 50.6 Å². The van der Waals surface area contributed by atoms with Gasteiger partial charge in [0, 0.05) is 69.7 Å². The highest BCUT2D eigenvalue weighted by Gasteiger charge is 2.24. The molecule has 0 radical (unpaired) electrons. The number of hydrogen-bond acceptors (Lipinski definition) is 7. The van der Waals surface area contributed by atoms with Crippen LogP contribution >= 0.6 is 11.6 Å². The van der Waals surface area contributed by atoms with Gasteiger partial charge in [0.1, 0.15) is 11.3 Å². The number of methoxy groups -OCH3 is 1. The minimum atomic E-state index is 0.396. The Morgan fingerprint density at radius 1 is 1.14 bits per heavy atom. The highest BCUT2D eigenvalue weighted by atomic mass is 35.5. The fourth-order valence-electron chi connectivity index (χ4n) is 5.40. The van der Waals surface area contributed by atoms with Crippen LogP contribution < -0.4 is 10.2 Å². The number of nitrogens with one attached hydrogen (secondary N) is 2. The zero-order chi connectivity index (χ0) is 25.1. The van der Waals surface area contributed by atoms with Crippen molar-refractivity contribution in [3.05, 3.63) is 35.5 Å². The number of aromatic amines is 1. The van der Waals surface area contributed by atoms with Gasteiger partial charge in [-0.15, -0.1) is 0 Å². The molecule has 0 saturated carbocycles. The van der Waals surface area contributed by atoms with Crippen LogP contribution in [-0.4, -0.2) is 96.4 Å². The number of piperidine rings is 1. The van der Waals surface area contributed by atoms with Gasteiger partial charge in [-0.1, -0.05) is 18.5 Å². The van der Waals surface area contributed by atoms with Gasteiger partial charge in [0.2, 0.25) is 0 Å². The zero-order valence-corrected chi connectivity index (χ0v) is 22.4. The monoisotopic (exact) mass is 511 g/mol. The molecule has 5 rings (SSSR count). The number of hydrogen-bond donors (Lipinski definition) is 2. The highest BCUT2D eigenvalue weighted by Crippen LogP contribution is 2.32. The smallest absolute Gasteiger partial charge is 0.159 e. The number of aromatic nitrogens is 3. The summed E-state index contributed by atoms with van der Waals surface area (Å²) in [5.41, 5.74) is 4.74. The van der Waals surface area contributed by atoms with Crippen LogP contribution in [0.25, 0.3) is 22.6 Å². The Bertz CT molecular complexity index is 1140. The third-order valence-corrected chi connectivity index (χ3v) is 7.99. The number of imidazole rings is 1. The molecule has 0 spiro atoms. The Kier molecular flexibility index (Phi) is 7.96. The minimum absolute atomic E-state index is 0.396. The number of fused-ring (bicyclic) bond motifs is 1. The maximum atomic E-state index is 6.59. The first-order valence-corrected chi connectivity index (χ1v) is 13.5. The van der Waals surface area contributed by atoms with E-state index in [1.807, 2.05) is 0 Å². The second-order valence-electron chi connectivity index (χ2n) is 9.99. The first-order valence-electron chi connectivity index (χ1n) is 13.2. The summed E-state index contributed by atoms with van der Waals surface area (Å²) in [5, 5.41) is 4.29. The lowest BCUT2D eigenvalue weighted by atomic mass is 10.0. The molecular formula is C27H38ClN7O. The third-order valence-electron chi connectivity index (χ3n) is 7.70. The average Bonchev–Trinajstić information content (AvgIpc) is 3.35. The van der Waals surface area contributed by atoms with Gasteiger partial charge in [-0.25, -0.2) is 9.97 Å². The SMILES string of the molecule is CCN1CCC(Nc2c(Cl)cnc3[nH]c(-c4ccc(N5CCN(CCOC)C(C)C5)cc4)nc23)CC1. The fourth-order valence-corrected chi connectivity index (χ4v) is 5.60. The molecular weight excluding hydrogens is 474 g/mol.